The van der Waals surface area contributed by atoms with Crippen LogP contribution in [0.1, 0.15) is 24.2 Å². The van der Waals surface area contributed by atoms with Crippen LogP contribution >= 0.6 is 27.5 Å². The van der Waals surface area contributed by atoms with Crippen LogP contribution in [0.15, 0.2) is 22.7 Å². The molecule has 3 nitrogen and oxygen atoms in total. The van der Waals surface area contributed by atoms with Crippen molar-refractivity contribution in [3.63, 3.8) is 0 Å². The number of carbonyl (C=O) groups excluding carboxylic acids is 1. The highest BCUT2D eigenvalue weighted by Crippen LogP contribution is 2.23. The number of aliphatic hydroxyl groups is 1. The Labute approximate surface area is 108 Å². The quantitative estimate of drug-likeness (QED) is 0.902. The number of hydrogen-bond donors (Lipinski definition) is 2. The first-order valence-electron chi connectivity index (χ1n) is 4.74. The van der Waals surface area contributed by atoms with E-state index in [1.54, 1.807) is 32.0 Å². The molecule has 1 aromatic carbocycles. The van der Waals surface area contributed by atoms with E-state index < -0.39 is 5.54 Å². The van der Waals surface area contributed by atoms with Crippen molar-refractivity contribution in [3.8, 4) is 0 Å². The number of halogens is 2. The van der Waals surface area contributed by atoms with Crippen molar-refractivity contribution in [1.82, 2.24) is 5.32 Å². The Morgan fingerprint density at radius 1 is 1.56 bits per heavy atom. The molecule has 0 radical (unpaired) electrons. The second-order valence-electron chi connectivity index (χ2n) is 4.13. The lowest BCUT2D eigenvalue weighted by atomic mass is 10.1. The monoisotopic (exact) mass is 305 g/mol. The van der Waals surface area contributed by atoms with E-state index in [0.717, 1.165) is 0 Å². The molecule has 0 aromatic heterocycles. The highest BCUT2D eigenvalue weighted by molar-refractivity contribution is 9.10. The van der Waals surface area contributed by atoms with Gasteiger partial charge < -0.3 is 10.4 Å². The van der Waals surface area contributed by atoms with Gasteiger partial charge in [0.1, 0.15) is 0 Å². The summed E-state index contributed by atoms with van der Waals surface area (Å²) >= 11 is 9.08. The topological polar surface area (TPSA) is 49.3 Å². The number of hydrogen-bond acceptors (Lipinski definition) is 2. The Morgan fingerprint density at radius 2 is 2.19 bits per heavy atom. The van der Waals surface area contributed by atoms with E-state index in [1.165, 1.54) is 0 Å². The molecule has 1 rings (SSSR count). The zero-order valence-corrected chi connectivity index (χ0v) is 11.4. The predicted molar refractivity (Wildman–Crippen MR) is 67.8 cm³/mol. The molecular weight excluding hydrogens is 293 g/mol. The van der Waals surface area contributed by atoms with Crippen LogP contribution in [0.4, 0.5) is 0 Å². The summed E-state index contributed by atoms with van der Waals surface area (Å²) in [6, 6.07) is 4.92. The molecule has 0 aliphatic carbocycles. The first-order valence-corrected chi connectivity index (χ1v) is 5.91. The maximum Gasteiger partial charge on any atom is 0.251 e. The van der Waals surface area contributed by atoms with Crippen LogP contribution in [-0.4, -0.2) is 23.2 Å². The van der Waals surface area contributed by atoms with Crippen LogP contribution < -0.4 is 5.32 Å². The minimum Gasteiger partial charge on any atom is -0.394 e. The van der Waals surface area contributed by atoms with Gasteiger partial charge in [0, 0.05) is 10.0 Å². The Hall–Kier alpha value is -0.580. The second kappa shape index (κ2) is 5.17. The average molecular weight is 307 g/mol. The van der Waals surface area contributed by atoms with Gasteiger partial charge in [-0.05, 0) is 48.0 Å². The molecule has 0 aliphatic heterocycles. The number of nitrogens with one attached hydrogen (secondary N) is 1. The summed E-state index contributed by atoms with van der Waals surface area (Å²) in [6.45, 7) is 3.37. The van der Waals surface area contributed by atoms with Crippen LogP contribution in [0, 0.1) is 0 Å². The van der Waals surface area contributed by atoms with Crippen molar-refractivity contribution < 1.29 is 9.90 Å². The molecule has 0 aliphatic rings. The predicted octanol–water partition coefficient (Wildman–Crippen LogP) is 2.60. The van der Waals surface area contributed by atoms with Crippen molar-refractivity contribution >= 4 is 33.4 Å². The number of amides is 1. The molecule has 88 valence electrons. The minimum absolute atomic E-state index is 0.118. The van der Waals surface area contributed by atoms with Crippen LogP contribution in [-0.2, 0) is 0 Å². The molecule has 1 aromatic rings. The third-order valence-electron chi connectivity index (χ3n) is 2.03. The SMILES string of the molecule is CC(C)(CO)NC(=O)c1ccc(Cl)c(Br)c1. The third kappa shape index (κ3) is 3.47. The highest BCUT2D eigenvalue weighted by Gasteiger charge is 2.20. The zero-order chi connectivity index (χ0) is 12.3. The normalized spacial score (nSPS) is 11.3. The van der Waals surface area contributed by atoms with Gasteiger partial charge >= 0.3 is 0 Å². The van der Waals surface area contributed by atoms with E-state index in [0.29, 0.717) is 15.1 Å². The molecule has 0 bridgehead atoms. The number of rotatable bonds is 3. The maximum atomic E-state index is 11.8. The Bertz CT molecular complexity index is 407. The van der Waals surface area contributed by atoms with E-state index in [2.05, 4.69) is 21.2 Å². The molecule has 0 spiro atoms. The fourth-order valence-electron chi connectivity index (χ4n) is 1.06. The van der Waals surface area contributed by atoms with Crippen LogP contribution in [0.25, 0.3) is 0 Å². The molecule has 1 amide bonds. The van der Waals surface area contributed by atoms with Crippen LogP contribution in [0.2, 0.25) is 5.02 Å². The molecule has 5 heteroatoms. The lowest BCUT2D eigenvalue weighted by molar-refractivity contribution is 0.0869. The third-order valence-corrected chi connectivity index (χ3v) is 3.24. The number of aliphatic hydroxyl groups excluding tert-OH is 1. The molecule has 16 heavy (non-hydrogen) atoms. The van der Waals surface area contributed by atoms with E-state index in [9.17, 15) is 4.79 Å². The van der Waals surface area contributed by atoms with Gasteiger partial charge in [-0.2, -0.15) is 0 Å². The van der Waals surface area contributed by atoms with Gasteiger partial charge in [-0.1, -0.05) is 11.6 Å². The number of benzene rings is 1. The summed E-state index contributed by atoms with van der Waals surface area (Å²) in [7, 11) is 0. The van der Waals surface area contributed by atoms with E-state index >= 15 is 0 Å². The average Bonchev–Trinajstić information content (AvgIpc) is 2.21. The van der Waals surface area contributed by atoms with E-state index in [1.807, 2.05) is 0 Å². The molecule has 2 N–H and O–H groups in total. The number of carbonyl (C=O) groups is 1. The van der Waals surface area contributed by atoms with Crippen LogP contribution in [0.5, 0.6) is 0 Å². The first-order chi connectivity index (χ1) is 7.35. The molecule has 0 fully saturated rings. The lowest BCUT2D eigenvalue weighted by Crippen LogP contribution is -2.46. The zero-order valence-electron chi connectivity index (χ0n) is 9.05. The lowest BCUT2D eigenvalue weighted by Gasteiger charge is -2.23. The maximum absolute atomic E-state index is 11.8. The van der Waals surface area contributed by atoms with Gasteiger partial charge in [-0.15, -0.1) is 0 Å². The molecule has 0 atom stereocenters. The summed E-state index contributed by atoms with van der Waals surface area (Å²) in [5, 5.41) is 12.3. The summed E-state index contributed by atoms with van der Waals surface area (Å²) in [4.78, 5) is 11.8. The molecular formula is C11H13BrClNO2. The van der Waals surface area contributed by atoms with E-state index in [4.69, 9.17) is 16.7 Å². The summed E-state index contributed by atoms with van der Waals surface area (Å²) in [5.41, 5.74) is -0.138. The van der Waals surface area contributed by atoms with Gasteiger partial charge in [0.2, 0.25) is 0 Å². The van der Waals surface area contributed by atoms with Gasteiger partial charge in [-0.25, -0.2) is 0 Å². The Balaban J connectivity index is 2.85. The standard InChI is InChI=1S/C11H13BrClNO2/c1-11(2,6-15)14-10(16)7-3-4-9(13)8(12)5-7/h3-5,15H,6H2,1-2H3,(H,14,16). The van der Waals surface area contributed by atoms with Gasteiger partial charge in [0.25, 0.3) is 5.91 Å². The van der Waals surface area contributed by atoms with Crippen LogP contribution in [0.3, 0.4) is 0 Å². The van der Waals surface area contributed by atoms with Crippen molar-refractivity contribution in [1.29, 1.82) is 0 Å². The van der Waals surface area contributed by atoms with Crippen molar-refractivity contribution in [2.75, 3.05) is 6.61 Å². The second-order valence-corrected chi connectivity index (χ2v) is 5.39. The first kappa shape index (κ1) is 13.5. The summed E-state index contributed by atoms with van der Waals surface area (Å²) in [5.74, 6) is -0.239. The minimum atomic E-state index is -0.636. The molecule has 0 heterocycles. The fourth-order valence-corrected chi connectivity index (χ4v) is 1.55. The summed E-state index contributed by atoms with van der Waals surface area (Å²) in [6.07, 6.45) is 0. The molecule has 0 saturated heterocycles. The van der Waals surface area contributed by atoms with E-state index in [-0.39, 0.29) is 12.5 Å². The Kier molecular flexibility index (Phi) is 4.35. The molecule has 0 saturated carbocycles. The largest absolute Gasteiger partial charge is 0.394 e. The fraction of sp³-hybridized carbons (Fsp3) is 0.364. The van der Waals surface area contributed by atoms with Gasteiger partial charge in [0.15, 0.2) is 0 Å². The van der Waals surface area contributed by atoms with Crippen molar-refractivity contribution in [2.45, 2.75) is 19.4 Å². The van der Waals surface area contributed by atoms with Gasteiger partial charge in [0.05, 0.1) is 17.2 Å². The summed E-state index contributed by atoms with van der Waals surface area (Å²) < 4.78 is 0.670. The highest BCUT2D eigenvalue weighted by atomic mass is 79.9. The smallest absolute Gasteiger partial charge is 0.251 e. The Morgan fingerprint density at radius 3 is 2.69 bits per heavy atom. The molecule has 0 unspecified atom stereocenters. The van der Waals surface area contributed by atoms with Gasteiger partial charge in [-0.3, -0.25) is 4.79 Å². The van der Waals surface area contributed by atoms with Crippen molar-refractivity contribution in [2.24, 2.45) is 0 Å². The van der Waals surface area contributed by atoms with Crippen molar-refractivity contribution in [3.05, 3.63) is 33.3 Å².